The Balaban J connectivity index is 1.87. The number of sulfonamides is 1. The van der Waals surface area contributed by atoms with Crippen LogP contribution >= 0.6 is 0 Å². The summed E-state index contributed by atoms with van der Waals surface area (Å²) in [5.74, 6) is -1.57. The van der Waals surface area contributed by atoms with Crippen LogP contribution in [0.5, 0.6) is 0 Å². The third-order valence-electron chi connectivity index (χ3n) is 5.38. The molecule has 0 atom stereocenters. The molecular weight excluding hydrogens is 368 g/mol. The highest BCUT2D eigenvalue weighted by molar-refractivity contribution is 7.89. The lowest BCUT2D eigenvalue weighted by molar-refractivity contribution is -0.145. The molecule has 0 aromatic heterocycles. The van der Waals surface area contributed by atoms with E-state index in [1.54, 1.807) is 13.0 Å². The van der Waals surface area contributed by atoms with Crippen molar-refractivity contribution >= 4 is 21.9 Å². The van der Waals surface area contributed by atoms with Crippen molar-refractivity contribution in [3.8, 4) is 0 Å². The molecule has 1 amide bonds. The second-order valence-corrected chi connectivity index (χ2v) is 9.34. The van der Waals surface area contributed by atoms with Crippen LogP contribution < -0.4 is 10.0 Å². The SMILES string of the molecule is Cc1ccc(S(=O)(=O)NC2CC2)cc1C(=O)NC1(C(=O)O)CCCCCC1. The molecule has 2 saturated carbocycles. The summed E-state index contributed by atoms with van der Waals surface area (Å²) in [6.45, 7) is 1.71. The molecule has 3 rings (SSSR count). The van der Waals surface area contributed by atoms with E-state index in [0.717, 1.165) is 38.5 Å². The molecule has 1 aromatic rings. The number of aryl methyl sites for hydroxylation is 1. The lowest BCUT2D eigenvalue weighted by atomic mass is 9.89. The Hall–Kier alpha value is -1.93. The molecule has 27 heavy (non-hydrogen) atoms. The second kappa shape index (κ2) is 7.59. The van der Waals surface area contributed by atoms with Gasteiger partial charge in [-0.3, -0.25) is 4.79 Å². The smallest absolute Gasteiger partial charge is 0.329 e. The molecule has 148 valence electrons. The molecule has 0 unspecified atom stereocenters. The predicted octanol–water partition coefficient (Wildman–Crippen LogP) is 2.34. The highest BCUT2D eigenvalue weighted by Gasteiger charge is 2.40. The van der Waals surface area contributed by atoms with Gasteiger partial charge in [0.1, 0.15) is 5.54 Å². The average molecular weight is 394 g/mol. The highest BCUT2D eigenvalue weighted by atomic mass is 32.2. The number of carboxylic acid groups (broad SMARTS) is 1. The van der Waals surface area contributed by atoms with Crippen molar-refractivity contribution in [3.05, 3.63) is 29.3 Å². The van der Waals surface area contributed by atoms with Crippen molar-refractivity contribution in [2.24, 2.45) is 0 Å². The average Bonchev–Trinajstić information content (AvgIpc) is 3.42. The first-order valence-corrected chi connectivity index (χ1v) is 10.9. The maximum absolute atomic E-state index is 12.9. The minimum atomic E-state index is -3.69. The zero-order valence-electron chi connectivity index (χ0n) is 15.5. The van der Waals surface area contributed by atoms with Gasteiger partial charge in [-0.05, 0) is 50.3 Å². The minimum absolute atomic E-state index is 0.0235. The van der Waals surface area contributed by atoms with E-state index in [1.165, 1.54) is 12.1 Å². The highest BCUT2D eigenvalue weighted by Crippen LogP contribution is 2.29. The Morgan fingerprint density at radius 1 is 1.11 bits per heavy atom. The Morgan fingerprint density at radius 3 is 2.30 bits per heavy atom. The fourth-order valence-electron chi connectivity index (χ4n) is 3.51. The van der Waals surface area contributed by atoms with Crippen LogP contribution in [-0.4, -0.2) is 37.0 Å². The van der Waals surface area contributed by atoms with Crippen LogP contribution in [0, 0.1) is 6.92 Å². The van der Waals surface area contributed by atoms with Gasteiger partial charge in [-0.1, -0.05) is 31.7 Å². The summed E-state index contributed by atoms with van der Waals surface area (Å²) in [6.07, 6.45) is 5.79. The molecule has 0 radical (unpaired) electrons. The molecule has 0 heterocycles. The van der Waals surface area contributed by atoms with Gasteiger partial charge in [-0.25, -0.2) is 17.9 Å². The molecule has 3 N–H and O–H groups in total. The van der Waals surface area contributed by atoms with Gasteiger partial charge in [0.25, 0.3) is 5.91 Å². The number of carbonyl (C=O) groups excluding carboxylic acids is 1. The van der Waals surface area contributed by atoms with E-state index in [0.29, 0.717) is 18.4 Å². The molecule has 0 spiro atoms. The van der Waals surface area contributed by atoms with Crippen molar-refractivity contribution in [3.63, 3.8) is 0 Å². The number of hydrogen-bond acceptors (Lipinski definition) is 4. The van der Waals surface area contributed by atoms with E-state index in [2.05, 4.69) is 10.0 Å². The second-order valence-electron chi connectivity index (χ2n) is 7.63. The molecule has 2 fully saturated rings. The lowest BCUT2D eigenvalue weighted by Crippen LogP contribution is -2.54. The fourth-order valence-corrected chi connectivity index (χ4v) is 4.84. The Bertz CT molecular complexity index is 838. The van der Waals surface area contributed by atoms with E-state index in [-0.39, 0.29) is 16.5 Å². The van der Waals surface area contributed by atoms with Crippen LogP contribution in [0.1, 0.15) is 67.3 Å². The Labute approximate surface area is 159 Å². The van der Waals surface area contributed by atoms with E-state index >= 15 is 0 Å². The zero-order valence-corrected chi connectivity index (χ0v) is 16.3. The maximum Gasteiger partial charge on any atom is 0.329 e. The first-order valence-electron chi connectivity index (χ1n) is 9.42. The van der Waals surface area contributed by atoms with Crippen LogP contribution in [0.3, 0.4) is 0 Å². The monoisotopic (exact) mass is 394 g/mol. The van der Waals surface area contributed by atoms with Gasteiger partial charge in [0, 0.05) is 11.6 Å². The van der Waals surface area contributed by atoms with E-state index in [9.17, 15) is 23.1 Å². The van der Waals surface area contributed by atoms with Gasteiger partial charge < -0.3 is 10.4 Å². The molecule has 8 heteroatoms. The number of carbonyl (C=O) groups is 2. The summed E-state index contributed by atoms with van der Waals surface area (Å²) in [5, 5.41) is 12.5. The molecule has 0 bridgehead atoms. The molecule has 2 aliphatic carbocycles. The number of amides is 1. The largest absolute Gasteiger partial charge is 0.480 e. The van der Waals surface area contributed by atoms with E-state index < -0.39 is 27.4 Å². The van der Waals surface area contributed by atoms with Crippen LogP contribution in [0.2, 0.25) is 0 Å². The Morgan fingerprint density at radius 2 is 1.74 bits per heavy atom. The normalized spacial score (nSPS) is 19.9. The molecule has 2 aliphatic rings. The first kappa shape index (κ1) is 19.8. The van der Waals surface area contributed by atoms with Crippen molar-refractivity contribution in [2.75, 3.05) is 0 Å². The predicted molar refractivity (Wildman–Crippen MR) is 100 cm³/mol. The van der Waals surface area contributed by atoms with Gasteiger partial charge in [0.15, 0.2) is 0 Å². The quantitative estimate of drug-likeness (QED) is 0.641. The topological polar surface area (TPSA) is 113 Å². The lowest BCUT2D eigenvalue weighted by Gasteiger charge is -2.29. The van der Waals surface area contributed by atoms with E-state index in [1.807, 2.05) is 0 Å². The van der Waals surface area contributed by atoms with Crippen LogP contribution in [-0.2, 0) is 14.8 Å². The van der Waals surface area contributed by atoms with Gasteiger partial charge in [-0.2, -0.15) is 0 Å². The molecule has 1 aromatic carbocycles. The van der Waals surface area contributed by atoms with Crippen LogP contribution in [0.25, 0.3) is 0 Å². The summed E-state index contributed by atoms with van der Waals surface area (Å²) in [7, 11) is -3.69. The van der Waals surface area contributed by atoms with Crippen molar-refractivity contribution < 1.29 is 23.1 Å². The summed E-state index contributed by atoms with van der Waals surface area (Å²) in [5.41, 5.74) is -0.494. The number of carboxylic acids is 1. The zero-order chi connectivity index (χ0) is 19.7. The van der Waals surface area contributed by atoms with Gasteiger partial charge in [0.2, 0.25) is 10.0 Å². The number of benzene rings is 1. The number of nitrogens with one attached hydrogen (secondary N) is 2. The number of aliphatic carboxylic acids is 1. The van der Waals surface area contributed by atoms with Gasteiger partial charge in [0.05, 0.1) is 4.90 Å². The summed E-state index contributed by atoms with van der Waals surface area (Å²) in [4.78, 5) is 24.8. The van der Waals surface area contributed by atoms with Crippen LogP contribution in [0.15, 0.2) is 23.1 Å². The van der Waals surface area contributed by atoms with E-state index in [4.69, 9.17) is 0 Å². The number of rotatable bonds is 6. The third-order valence-corrected chi connectivity index (χ3v) is 6.90. The van der Waals surface area contributed by atoms with Crippen molar-refractivity contribution in [1.29, 1.82) is 0 Å². The minimum Gasteiger partial charge on any atom is -0.480 e. The maximum atomic E-state index is 12.9. The molecule has 0 saturated heterocycles. The summed E-state index contributed by atoms with van der Waals surface area (Å²) < 4.78 is 27.5. The van der Waals surface area contributed by atoms with Crippen molar-refractivity contribution in [1.82, 2.24) is 10.0 Å². The standard InChI is InChI=1S/C19H26N2O5S/c1-13-6-9-15(27(25,26)21-14-7-8-14)12-16(13)17(22)20-19(18(23)24)10-4-2-3-5-11-19/h6,9,12,14,21H,2-5,7-8,10-11H2,1H3,(H,20,22)(H,23,24). The summed E-state index contributed by atoms with van der Waals surface area (Å²) >= 11 is 0. The Kier molecular flexibility index (Phi) is 5.58. The van der Waals surface area contributed by atoms with Gasteiger partial charge in [-0.15, -0.1) is 0 Å². The first-order chi connectivity index (χ1) is 12.7. The summed E-state index contributed by atoms with van der Waals surface area (Å²) in [6, 6.07) is 4.35. The third kappa shape index (κ3) is 4.50. The van der Waals surface area contributed by atoms with Crippen molar-refractivity contribution in [2.45, 2.75) is 74.8 Å². The van der Waals surface area contributed by atoms with Crippen LogP contribution in [0.4, 0.5) is 0 Å². The molecule has 7 nitrogen and oxygen atoms in total. The number of hydrogen-bond donors (Lipinski definition) is 3. The van der Waals surface area contributed by atoms with Gasteiger partial charge >= 0.3 is 5.97 Å². The molecular formula is C19H26N2O5S. The fraction of sp³-hybridized carbons (Fsp3) is 0.579. The molecule has 0 aliphatic heterocycles.